The third-order valence-corrected chi connectivity index (χ3v) is 7.41. The SMILES string of the molecule is COC(=O)NCCO[C@@H](c1cccc(Cl)c1)C1CCCN(C(=O)OCC(CC2CCCOC2)NC(=O)OC(C)(C)C)C1. The van der Waals surface area contributed by atoms with E-state index in [9.17, 15) is 14.4 Å². The highest BCUT2D eigenvalue weighted by Crippen LogP contribution is 2.34. The van der Waals surface area contributed by atoms with Crippen LogP contribution in [0.1, 0.15) is 64.5 Å². The lowest BCUT2D eigenvalue weighted by Gasteiger charge is -2.37. The number of benzene rings is 1. The highest BCUT2D eigenvalue weighted by molar-refractivity contribution is 6.30. The van der Waals surface area contributed by atoms with Crippen LogP contribution in [0.25, 0.3) is 0 Å². The maximum atomic E-state index is 13.2. The first-order chi connectivity index (χ1) is 20.0. The number of amides is 3. The Morgan fingerprint density at radius 3 is 2.67 bits per heavy atom. The largest absolute Gasteiger partial charge is 0.453 e. The van der Waals surface area contributed by atoms with E-state index in [1.165, 1.54) is 7.11 Å². The summed E-state index contributed by atoms with van der Waals surface area (Å²) >= 11 is 6.28. The molecule has 2 aliphatic heterocycles. The molecule has 0 bridgehead atoms. The Morgan fingerprint density at radius 1 is 1.17 bits per heavy atom. The van der Waals surface area contributed by atoms with E-state index in [1.807, 2.05) is 18.2 Å². The molecule has 0 aliphatic carbocycles. The third kappa shape index (κ3) is 11.9. The maximum absolute atomic E-state index is 13.2. The molecule has 11 nitrogen and oxygen atoms in total. The van der Waals surface area contributed by atoms with Crippen LogP contribution in [-0.4, -0.2) is 88.0 Å². The van der Waals surface area contributed by atoms with Gasteiger partial charge in [-0.25, -0.2) is 14.4 Å². The average molecular weight is 612 g/mol. The van der Waals surface area contributed by atoms with E-state index < -0.39 is 29.9 Å². The number of carbonyl (C=O) groups excluding carboxylic acids is 3. The fourth-order valence-corrected chi connectivity index (χ4v) is 5.52. The molecule has 2 N–H and O–H groups in total. The summed E-state index contributed by atoms with van der Waals surface area (Å²) in [6, 6.07) is 7.07. The van der Waals surface area contributed by atoms with Crippen molar-refractivity contribution in [1.29, 1.82) is 0 Å². The number of methoxy groups -OCH3 is 1. The lowest BCUT2D eigenvalue weighted by molar-refractivity contribution is -0.0156. The Hall–Kier alpha value is -2.76. The van der Waals surface area contributed by atoms with E-state index in [-0.39, 0.29) is 37.7 Å². The zero-order valence-corrected chi connectivity index (χ0v) is 26.0. The second kappa shape index (κ2) is 16.8. The standard InChI is InChI=1S/C30H46ClN3O8/c1-30(2,3)42-28(36)33-25(16-21-8-7-14-39-19-21)20-41-29(37)34-13-6-10-23(18-34)26(22-9-5-11-24(31)17-22)40-15-12-32-27(35)38-4/h5,9,11,17,21,23,25-26H,6-8,10,12-16,18-20H2,1-4H3,(H,32,35)(H,33,36)/t21?,23?,25?,26-/m0/s1. The molecule has 1 aromatic rings. The van der Waals surface area contributed by atoms with E-state index in [0.29, 0.717) is 31.1 Å². The molecular formula is C30H46ClN3O8. The number of alkyl carbamates (subject to hydrolysis) is 2. The van der Waals surface area contributed by atoms with Gasteiger partial charge < -0.3 is 39.2 Å². The molecule has 4 atom stereocenters. The molecule has 2 saturated heterocycles. The first-order valence-corrected chi connectivity index (χ1v) is 15.1. The molecule has 0 radical (unpaired) electrons. The van der Waals surface area contributed by atoms with E-state index in [4.69, 9.17) is 30.5 Å². The van der Waals surface area contributed by atoms with Crippen molar-refractivity contribution in [3.63, 3.8) is 0 Å². The van der Waals surface area contributed by atoms with E-state index >= 15 is 0 Å². The summed E-state index contributed by atoms with van der Waals surface area (Å²) in [4.78, 5) is 38.9. The van der Waals surface area contributed by atoms with Crippen LogP contribution in [0.5, 0.6) is 0 Å². The number of likely N-dealkylation sites (tertiary alicyclic amines) is 1. The zero-order valence-electron chi connectivity index (χ0n) is 25.2. The number of halogens is 1. The molecule has 0 aromatic heterocycles. The van der Waals surface area contributed by atoms with Crippen molar-refractivity contribution in [3.05, 3.63) is 34.9 Å². The average Bonchev–Trinajstić information content (AvgIpc) is 2.95. The number of rotatable bonds is 11. The molecule has 42 heavy (non-hydrogen) atoms. The Bertz CT molecular complexity index is 1010. The summed E-state index contributed by atoms with van der Waals surface area (Å²) in [5.74, 6) is 0.249. The highest BCUT2D eigenvalue weighted by Gasteiger charge is 2.33. The minimum absolute atomic E-state index is 0.0158. The summed E-state index contributed by atoms with van der Waals surface area (Å²) in [6.07, 6.45) is 2.36. The predicted octanol–water partition coefficient (Wildman–Crippen LogP) is 5.31. The summed E-state index contributed by atoms with van der Waals surface area (Å²) < 4.78 is 27.7. The minimum atomic E-state index is -0.640. The quantitative estimate of drug-likeness (QED) is 0.255. The van der Waals surface area contributed by atoms with E-state index in [0.717, 1.165) is 37.9 Å². The lowest BCUT2D eigenvalue weighted by atomic mass is 9.88. The fourth-order valence-electron chi connectivity index (χ4n) is 5.32. The minimum Gasteiger partial charge on any atom is -0.453 e. The smallest absolute Gasteiger partial charge is 0.409 e. The van der Waals surface area contributed by atoms with Gasteiger partial charge in [0.1, 0.15) is 12.2 Å². The van der Waals surface area contributed by atoms with Crippen LogP contribution in [0, 0.1) is 11.8 Å². The Labute approximate surface area is 253 Å². The molecule has 3 rings (SSSR count). The van der Waals surface area contributed by atoms with Crippen LogP contribution in [-0.2, 0) is 23.7 Å². The van der Waals surface area contributed by atoms with Gasteiger partial charge in [-0.2, -0.15) is 0 Å². The van der Waals surface area contributed by atoms with Gasteiger partial charge in [-0.05, 0) is 76.5 Å². The highest BCUT2D eigenvalue weighted by atomic mass is 35.5. The number of piperidine rings is 1. The van der Waals surface area contributed by atoms with Crippen molar-refractivity contribution in [1.82, 2.24) is 15.5 Å². The van der Waals surface area contributed by atoms with E-state index in [1.54, 1.807) is 31.7 Å². The molecule has 2 aliphatic rings. The Balaban J connectivity index is 1.61. The summed E-state index contributed by atoms with van der Waals surface area (Å²) in [7, 11) is 1.31. The topological polar surface area (TPSA) is 125 Å². The number of nitrogens with one attached hydrogen (secondary N) is 2. The lowest BCUT2D eigenvalue weighted by Crippen LogP contribution is -2.46. The van der Waals surface area contributed by atoms with Crippen LogP contribution < -0.4 is 10.6 Å². The van der Waals surface area contributed by atoms with Crippen molar-refractivity contribution in [3.8, 4) is 0 Å². The number of nitrogens with zero attached hydrogens (tertiary/aromatic N) is 1. The molecule has 2 heterocycles. The molecule has 1 aromatic carbocycles. The van der Waals surface area contributed by atoms with Crippen molar-refractivity contribution in [2.75, 3.05) is 53.2 Å². The number of ether oxygens (including phenoxy) is 5. The van der Waals surface area contributed by atoms with Crippen molar-refractivity contribution >= 4 is 29.9 Å². The van der Waals surface area contributed by atoms with Crippen LogP contribution in [0.3, 0.4) is 0 Å². The van der Waals surface area contributed by atoms with Crippen LogP contribution >= 0.6 is 11.6 Å². The third-order valence-electron chi connectivity index (χ3n) is 7.18. The van der Waals surface area contributed by atoms with Gasteiger partial charge in [0.2, 0.25) is 0 Å². The van der Waals surface area contributed by atoms with Crippen LogP contribution in [0.2, 0.25) is 5.02 Å². The Morgan fingerprint density at radius 2 is 1.98 bits per heavy atom. The molecule has 236 valence electrons. The van der Waals surface area contributed by atoms with Gasteiger partial charge in [0.25, 0.3) is 0 Å². The van der Waals surface area contributed by atoms with Gasteiger partial charge >= 0.3 is 18.3 Å². The number of carbonyl (C=O) groups is 3. The molecule has 0 spiro atoms. The zero-order chi connectivity index (χ0) is 30.5. The van der Waals surface area contributed by atoms with Crippen molar-refractivity contribution in [2.24, 2.45) is 11.8 Å². The summed E-state index contributed by atoms with van der Waals surface area (Å²) in [5, 5.41) is 6.10. The molecule has 3 amide bonds. The van der Waals surface area contributed by atoms with Gasteiger partial charge in [-0.15, -0.1) is 0 Å². The fraction of sp³-hybridized carbons (Fsp3) is 0.700. The number of hydrogen-bond donors (Lipinski definition) is 2. The number of hydrogen-bond acceptors (Lipinski definition) is 8. The van der Waals surface area contributed by atoms with E-state index in [2.05, 4.69) is 15.4 Å². The van der Waals surface area contributed by atoms with Gasteiger partial charge in [0, 0.05) is 43.8 Å². The second-order valence-electron chi connectivity index (χ2n) is 11.9. The molecular weight excluding hydrogens is 566 g/mol. The molecule has 0 saturated carbocycles. The monoisotopic (exact) mass is 611 g/mol. The van der Waals surface area contributed by atoms with Crippen LogP contribution in [0.4, 0.5) is 14.4 Å². The van der Waals surface area contributed by atoms with Crippen LogP contribution in [0.15, 0.2) is 24.3 Å². The molecule has 2 fully saturated rings. The van der Waals surface area contributed by atoms with Gasteiger partial charge in [0.15, 0.2) is 0 Å². The van der Waals surface area contributed by atoms with Gasteiger partial charge in [-0.1, -0.05) is 23.7 Å². The summed E-state index contributed by atoms with van der Waals surface area (Å²) in [6.45, 7) is 8.34. The molecule has 3 unspecified atom stereocenters. The van der Waals surface area contributed by atoms with Crippen molar-refractivity contribution < 1.29 is 38.1 Å². The first-order valence-electron chi connectivity index (χ1n) is 14.7. The second-order valence-corrected chi connectivity index (χ2v) is 12.3. The predicted molar refractivity (Wildman–Crippen MR) is 158 cm³/mol. The Kier molecular flexibility index (Phi) is 13.5. The van der Waals surface area contributed by atoms with Crippen molar-refractivity contribution in [2.45, 2.75) is 70.6 Å². The normalized spacial score (nSPS) is 20.6. The van der Waals surface area contributed by atoms with Gasteiger partial charge in [-0.3, -0.25) is 0 Å². The van der Waals surface area contributed by atoms with Gasteiger partial charge in [0.05, 0.1) is 25.9 Å². The first kappa shape index (κ1) is 33.7. The molecule has 12 heteroatoms. The maximum Gasteiger partial charge on any atom is 0.409 e. The summed E-state index contributed by atoms with van der Waals surface area (Å²) in [5.41, 5.74) is 0.260.